The van der Waals surface area contributed by atoms with Crippen LogP contribution in [0.4, 0.5) is 5.82 Å². The molecule has 0 bridgehead atoms. The van der Waals surface area contributed by atoms with E-state index in [4.69, 9.17) is 16.3 Å². The van der Waals surface area contributed by atoms with Crippen molar-refractivity contribution in [3.8, 4) is 11.5 Å². The van der Waals surface area contributed by atoms with Crippen molar-refractivity contribution in [1.82, 2.24) is 9.97 Å². The van der Waals surface area contributed by atoms with Crippen LogP contribution < -0.4 is 10.1 Å². The lowest BCUT2D eigenvalue weighted by atomic mass is 10.2. The van der Waals surface area contributed by atoms with Gasteiger partial charge in [-0.15, -0.1) is 0 Å². The quantitative estimate of drug-likeness (QED) is 0.841. The average Bonchev–Trinajstić information content (AvgIpc) is 2.38. The molecule has 0 aliphatic carbocycles. The number of anilines is 1. The Kier molecular flexibility index (Phi) is 3.82. The Balaban J connectivity index is 2.20. The molecule has 0 saturated carbocycles. The first-order valence-electron chi connectivity index (χ1n) is 5.27. The number of carbonyl (C=O) groups excluding carboxylic acids is 1. The fraction of sp³-hybridized carbons (Fsp3) is 0.0833. The summed E-state index contributed by atoms with van der Waals surface area (Å²) in [6.45, 7) is 0. The predicted molar refractivity (Wildman–Crippen MR) is 69.7 cm³/mol. The predicted octanol–water partition coefficient (Wildman–Crippen LogP) is 2.10. The minimum absolute atomic E-state index is 0.0248. The number of aromatic hydroxyl groups is 1. The summed E-state index contributed by atoms with van der Waals surface area (Å²) in [4.78, 5) is 19.4. The van der Waals surface area contributed by atoms with Crippen LogP contribution in [0.1, 0.15) is 10.4 Å². The van der Waals surface area contributed by atoms with E-state index in [9.17, 15) is 9.90 Å². The molecule has 98 valence electrons. The molecule has 0 unspecified atom stereocenters. The Morgan fingerprint density at radius 3 is 2.84 bits per heavy atom. The second kappa shape index (κ2) is 5.53. The summed E-state index contributed by atoms with van der Waals surface area (Å²) >= 11 is 5.61. The number of ether oxygens (including phenoxy) is 1. The number of rotatable bonds is 3. The molecule has 2 N–H and O–H groups in total. The van der Waals surface area contributed by atoms with Gasteiger partial charge in [-0.05, 0) is 29.8 Å². The third-order valence-corrected chi connectivity index (χ3v) is 2.50. The standard InChI is InChI=1S/C12H10ClN3O3/c1-19-7-2-3-8(9(17)6-7)11(18)15-10-4-5-14-12(13)16-10/h2-6,17H,1H3,(H,14,15,16,18). The van der Waals surface area contributed by atoms with Crippen LogP contribution in [0.25, 0.3) is 0 Å². The van der Waals surface area contributed by atoms with Gasteiger partial charge in [-0.1, -0.05) is 0 Å². The molecule has 19 heavy (non-hydrogen) atoms. The number of phenols is 1. The van der Waals surface area contributed by atoms with E-state index < -0.39 is 5.91 Å². The molecule has 6 nitrogen and oxygen atoms in total. The second-order valence-corrected chi connectivity index (χ2v) is 3.89. The first kappa shape index (κ1) is 13.1. The van der Waals surface area contributed by atoms with Gasteiger partial charge in [-0.2, -0.15) is 0 Å². The van der Waals surface area contributed by atoms with Crippen LogP contribution in [0.5, 0.6) is 11.5 Å². The summed E-state index contributed by atoms with van der Waals surface area (Å²) in [5, 5.41) is 12.3. The maximum Gasteiger partial charge on any atom is 0.260 e. The maximum atomic E-state index is 11.9. The van der Waals surface area contributed by atoms with Gasteiger partial charge in [0.05, 0.1) is 12.7 Å². The van der Waals surface area contributed by atoms with Gasteiger partial charge in [0.15, 0.2) is 0 Å². The van der Waals surface area contributed by atoms with Crippen molar-refractivity contribution in [1.29, 1.82) is 0 Å². The Morgan fingerprint density at radius 2 is 2.21 bits per heavy atom. The van der Waals surface area contributed by atoms with Gasteiger partial charge in [-0.25, -0.2) is 9.97 Å². The van der Waals surface area contributed by atoms with E-state index in [2.05, 4.69) is 15.3 Å². The smallest absolute Gasteiger partial charge is 0.260 e. The lowest BCUT2D eigenvalue weighted by Crippen LogP contribution is -2.13. The number of halogens is 1. The Bertz CT molecular complexity index is 619. The summed E-state index contributed by atoms with van der Waals surface area (Å²) in [6.07, 6.45) is 1.42. The van der Waals surface area contributed by atoms with Crippen molar-refractivity contribution in [3.05, 3.63) is 41.3 Å². The minimum Gasteiger partial charge on any atom is -0.507 e. The van der Waals surface area contributed by atoms with Crippen molar-refractivity contribution < 1.29 is 14.6 Å². The number of phenolic OH excluding ortho intramolecular Hbond substituents is 1. The van der Waals surface area contributed by atoms with E-state index >= 15 is 0 Å². The molecule has 0 atom stereocenters. The SMILES string of the molecule is COc1ccc(C(=O)Nc2ccnc(Cl)n2)c(O)c1. The Morgan fingerprint density at radius 1 is 1.42 bits per heavy atom. The molecule has 1 aromatic carbocycles. The van der Waals surface area contributed by atoms with E-state index in [1.807, 2.05) is 0 Å². The molecule has 7 heteroatoms. The topological polar surface area (TPSA) is 84.3 Å². The van der Waals surface area contributed by atoms with Gasteiger partial charge in [0.2, 0.25) is 5.28 Å². The molecule has 2 aromatic rings. The number of nitrogens with one attached hydrogen (secondary N) is 1. The average molecular weight is 280 g/mol. The molecular weight excluding hydrogens is 270 g/mol. The summed E-state index contributed by atoms with van der Waals surface area (Å²) in [5.74, 6) is 0.0197. The second-order valence-electron chi connectivity index (χ2n) is 3.55. The van der Waals surface area contributed by atoms with Crippen molar-refractivity contribution in [2.75, 3.05) is 12.4 Å². The molecule has 0 aliphatic heterocycles. The zero-order chi connectivity index (χ0) is 13.8. The highest BCUT2D eigenvalue weighted by Crippen LogP contribution is 2.24. The van der Waals surface area contributed by atoms with E-state index in [1.165, 1.54) is 31.5 Å². The van der Waals surface area contributed by atoms with E-state index in [1.54, 1.807) is 6.07 Å². The van der Waals surface area contributed by atoms with Crippen LogP contribution in [-0.2, 0) is 0 Å². The monoisotopic (exact) mass is 279 g/mol. The molecule has 0 fully saturated rings. The Hall–Kier alpha value is -2.34. The van der Waals surface area contributed by atoms with Gasteiger partial charge >= 0.3 is 0 Å². The van der Waals surface area contributed by atoms with Crippen molar-refractivity contribution in [2.24, 2.45) is 0 Å². The molecular formula is C12H10ClN3O3. The van der Waals surface area contributed by atoms with Crippen LogP contribution in [0, 0.1) is 0 Å². The third kappa shape index (κ3) is 3.11. The first-order chi connectivity index (χ1) is 9.10. The highest BCUT2D eigenvalue weighted by molar-refractivity contribution is 6.28. The molecule has 0 aliphatic rings. The summed E-state index contributed by atoms with van der Waals surface area (Å²) in [5.41, 5.74) is 0.107. The molecule has 0 spiro atoms. The zero-order valence-corrected chi connectivity index (χ0v) is 10.7. The summed E-state index contributed by atoms with van der Waals surface area (Å²) in [7, 11) is 1.47. The van der Waals surface area contributed by atoms with Crippen molar-refractivity contribution in [3.63, 3.8) is 0 Å². The van der Waals surface area contributed by atoms with Crippen molar-refractivity contribution >= 4 is 23.3 Å². The number of methoxy groups -OCH3 is 1. The van der Waals surface area contributed by atoms with Crippen LogP contribution in [0.2, 0.25) is 5.28 Å². The van der Waals surface area contributed by atoms with Crippen LogP contribution in [0.15, 0.2) is 30.5 Å². The van der Waals surface area contributed by atoms with Crippen LogP contribution >= 0.6 is 11.6 Å². The number of nitrogens with zero attached hydrogens (tertiary/aromatic N) is 2. The number of hydrogen-bond acceptors (Lipinski definition) is 5. The van der Waals surface area contributed by atoms with Gasteiger partial charge in [-0.3, -0.25) is 4.79 Å². The minimum atomic E-state index is -0.505. The number of benzene rings is 1. The molecule has 1 amide bonds. The van der Waals surface area contributed by atoms with E-state index in [-0.39, 0.29) is 22.4 Å². The van der Waals surface area contributed by atoms with E-state index in [0.29, 0.717) is 5.75 Å². The number of aromatic nitrogens is 2. The zero-order valence-electron chi connectivity index (χ0n) is 9.92. The highest BCUT2D eigenvalue weighted by Gasteiger charge is 2.12. The normalized spacial score (nSPS) is 10.0. The largest absolute Gasteiger partial charge is 0.507 e. The maximum absolute atomic E-state index is 11.9. The molecule has 2 rings (SSSR count). The number of amides is 1. The first-order valence-corrected chi connectivity index (χ1v) is 5.65. The van der Waals surface area contributed by atoms with Crippen LogP contribution in [0.3, 0.4) is 0 Å². The fourth-order valence-electron chi connectivity index (χ4n) is 1.42. The lowest BCUT2D eigenvalue weighted by molar-refractivity contribution is 0.102. The highest BCUT2D eigenvalue weighted by atomic mass is 35.5. The Labute approximate surface area is 114 Å². The lowest BCUT2D eigenvalue weighted by Gasteiger charge is -2.07. The number of hydrogen-bond donors (Lipinski definition) is 2. The molecule has 1 heterocycles. The number of carbonyl (C=O) groups is 1. The van der Waals surface area contributed by atoms with Crippen molar-refractivity contribution in [2.45, 2.75) is 0 Å². The van der Waals surface area contributed by atoms with Gasteiger partial charge in [0.1, 0.15) is 17.3 Å². The van der Waals surface area contributed by atoms with Crippen LogP contribution in [-0.4, -0.2) is 28.1 Å². The van der Waals surface area contributed by atoms with E-state index in [0.717, 1.165) is 0 Å². The molecule has 0 radical (unpaired) electrons. The third-order valence-electron chi connectivity index (χ3n) is 2.32. The molecule has 0 saturated heterocycles. The van der Waals surface area contributed by atoms with Gasteiger partial charge in [0.25, 0.3) is 5.91 Å². The van der Waals surface area contributed by atoms with Gasteiger partial charge in [0, 0.05) is 12.3 Å². The fourth-order valence-corrected chi connectivity index (χ4v) is 1.57. The van der Waals surface area contributed by atoms with Gasteiger partial charge < -0.3 is 15.2 Å². The molecule has 1 aromatic heterocycles. The summed E-state index contributed by atoms with van der Waals surface area (Å²) < 4.78 is 4.93. The summed E-state index contributed by atoms with van der Waals surface area (Å²) in [6, 6.07) is 5.86.